The second kappa shape index (κ2) is 8.39. The summed E-state index contributed by atoms with van der Waals surface area (Å²) >= 11 is 0. The molecule has 0 bridgehead atoms. The summed E-state index contributed by atoms with van der Waals surface area (Å²) in [6, 6.07) is 6.80. The molecule has 26 heavy (non-hydrogen) atoms. The zero-order valence-corrected chi connectivity index (χ0v) is 16.2. The Balaban J connectivity index is 2.04. The highest BCUT2D eigenvalue weighted by Crippen LogP contribution is 2.29. The molecule has 1 heterocycles. The summed E-state index contributed by atoms with van der Waals surface area (Å²) in [6.07, 6.45) is 1.17. The van der Waals surface area contributed by atoms with Gasteiger partial charge in [0.15, 0.2) is 0 Å². The number of piperazine rings is 1. The lowest BCUT2D eigenvalue weighted by molar-refractivity contribution is -0.138. The molecule has 9 heteroatoms. The monoisotopic (exact) mass is 383 g/mol. The van der Waals surface area contributed by atoms with Crippen molar-refractivity contribution in [3.05, 3.63) is 24.3 Å². The third-order valence-electron chi connectivity index (χ3n) is 4.36. The molecule has 0 saturated carbocycles. The van der Waals surface area contributed by atoms with Gasteiger partial charge in [-0.05, 0) is 12.1 Å². The van der Waals surface area contributed by atoms with Gasteiger partial charge in [-0.2, -0.15) is 0 Å². The van der Waals surface area contributed by atoms with Crippen molar-refractivity contribution in [1.29, 1.82) is 0 Å². The molecule has 2 amide bonds. The van der Waals surface area contributed by atoms with Crippen LogP contribution in [0.1, 0.15) is 13.3 Å². The average Bonchev–Trinajstić information content (AvgIpc) is 2.61. The highest BCUT2D eigenvalue weighted by molar-refractivity contribution is 7.92. The minimum atomic E-state index is -3.57. The number of anilines is 1. The van der Waals surface area contributed by atoms with Gasteiger partial charge >= 0.3 is 0 Å². The smallest absolute Gasteiger partial charge is 0.232 e. The van der Waals surface area contributed by atoms with E-state index in [9.17, 15) is 18.0 Å². The minimum Gasteiger partial charge on any atom is -0.495 e. The summed E-state index contributed by atoms with van der Waals surface area (Å²) in [4.78, 5) is 27.2. The number of ether oxygens (including phenoxy) is 1. The molecule has 1 aliphatic rings. The van der Waals surface area contributed by atoms with Gasteiger partial charge in [0.05, 0.1) is 19.1 Å². The maximum Gasteiger partial charge on any atom is 0.232 e. The van der Waals surface area contributed by atoms with Gasteiger partial charge in [0.2, 0.25) is 21.8 Å². The Morgan fingerprint density at radius 2 is 1.69 bits per heavy atom. The summed E-state index contributed by atoms with van der Waals surface area (Å²) in [5.41, 5.74) is 0.409. The van der Waals surface area contributed by atoms with Crippen LogP contribution in [0.4, 0.5) is 5.69 Å². The summed E-state index contributed by atoms with van der Waals surface area (Å²) in [5.74, 6) is 0.300. The Hall–Kier alpha value is -2.29. The van der Waals surface area contributed by atoms with Gasteiger partial charge in [-0.1, -0.05) is 12.1 Å². The maximum atomic E-state index is 12.5. The van der Waals surface area contributed by atoms with E-state index >= 15 is 0 Å². The third kappa shape index (κ3) is 4.87. The normalized spacial score (nSPS) is 14.9. The number of rotatable bonds is 6. The standard InChI is InChI=1S/C17H25N3O5S/c1-14(21)18-10-12-19(13-11-18)17(22)8-9-20(26(3,23)24)15-6-4-5-7-16(15)25-2/h4-7H,8-13H2,1-3H3. The summed E-state index contributed by atoms with van der Waals surface area (Å²) in [6.45, 7) is 3.48. The Bertz CT molecular complexity index is 757. The van der Waals surface area contributed by atoms with Crippen LogP contribution >= 0.6 is 0 Å². The highest BCUT2D eigenvalue weighted by atomic mass is 32.2. The fourth-order valence-electron chi connectivity index (χ4n) is 2.93. The van der Waals surface area contributed by atoms with Crippen molar-refractivity contribution in [2.24, 2.45) is 0 Å². The number of hydrogen-bond donors (Lipinski definition) is 0. The van der Waals surface area contributed by atoms with Gasteiger partial charge in [0.25, 0.3) is 0 Å². The molecule has 0 spiro atoms. The second-order valence-electron chi connectivity index (χ2n) is 6.14. The Labute approximate surface area is 154 Å². The quantitative estimate of drug-likeness (QED) is 0.716. The lowest BCUT2D eigenvalue weighted by Gasteiger charge is -2.34. The molecule has 1 aromatic rings. The van der Waals surface area contributed by atoms with Crippen molar-refractivity contribution in [2.75, 3.05) is 50.4 Å². The summed E-state index contributed by atoms with van der Waals surface area (Å²) in [5, 5.41) is 0. The Morgan fingerprint density at radius 1 is 1.12 bits per heavy atom. The molecule has 0 unspecified atom stereocenters. The zero-order valence-electron chi connectivity index (χ0n) is 15.3. The van der Waals surface area contributed by atoms with Gasteiger partial charge in [0, 0.05) is 46.1 Å². The van der Waals surface area contributed by atoms with Crippen LogP contribution in [0.15, 0.2) is 24.3 Å². The van der Waals surface area contributed by atoms with Crippen molar-refractivity contribution in [1.82, 2.24) is 9.80 Å². The fourth-order valence-corrected chi connectivity index (χ4v) is 3.86. The molecule has 8 nitrogen and oxygen atoms in total. The van der Waals surface area contributed by atoms with E-state index in [1.165, 1.54) is 18.3 Å². The van der Waals surface area contributed by atoms with Crippen molar-refractivity contribution in [2.45, 2.75) is 13.3 Å². The number of para-hydroxylation sites is 2. The molecule has 144 valence electrons. The largest absolute Gasteiger partial charge is 0.495 e. The Morgan fingerprint density at radius 3 is 2.23 bits per heavy atom. The van der Waals surface area contributed by atoms with E-state index in [-0.39, 0.29) is 24.8 Å². The Kier molecular flexibility index (Phi) is 6.47. The number of hydrogen-bond acceptors (Lipinski definition) is 5. The fraction of sp³-hybridized carbons (Fsp3) is 0.529. The maximum absolute atomic E-state index is 12.5. The summed E-state index contributed by atoms with van der Waals surface area (Å²) in [7, 11) is -2.10. The molecule has 0 atom stereocenters. The molecule has 0 aliphatic carbocycles. The number of carbonyl (C=O) groups excluding carboxylic acids is 2. The molecule has 0 aromatic heterocycles. The van der Waals surface area contributed by atoms with E-state index in [4.69, 9.17) is 4.74 Å². The van der Waals surface area contributed by atoms with Crippen LogP contribution < -0.4 is 9.04 Å². The predicted octanol–water partition coefficient (Wildman–Crippen LogP) is 0.542. The molecule has 1 aromatic carbocycles. The minimum absolute atomic E-state index is 0.00322. The third-order valence-corrected chi connectivity index (χ3v) is 5.54. The first-order chi connectivity index (χ1) is 12.2. The highest BCUT2D eigenvalue weighted by Gasteiger charge is 2.25. The van der Waals surface area contributed by atoms with Crippen LogP contribution in [0, 0.1) is 0 Å². The lowest BCUT2D eigenvalue weighted by atomic mass is 10.2. The predicted molar refractivity (Wildman–Crippen MR) is 98.6 cm³/mol. The number of methoxy groups -OCH3 is 1. The van der Waals surface area contributed by atoms with Crippen molar-refractivity contribution < 1.29 is 22.7 Å². The number of carbonyl (C=O) groups is 2. The molecular weight excluding hydrogens is 358 g/mol. The average molecular weight is 383 g/mol. The van der Waals surface area contributed by atoms with Gasteiger partial charge in [-0.3, -0.25) is 13.9 Å². The number of amides is 2. The van der Waals surface area contributed by atoms with E-state index in [1.807, 2.05) is 0 Å². The van der Waals surface area contributed by atoms with E-state index in [1.54, 1.807) is 34.1 Å². The molecule has 0 N–H and O–H groups in total. The van der Waals surface area contributed by atoms with Crippen LogP contribution in [0.5, 0.6) is 5.75 Å². The number of sulfonamides is 1. The molecule has 1 fully saturated rings. The summed E-state index contributed by atoms with van der Waals surface area (Å²) < 4.78 is 30.8. The van der Waals surface area contributed by atoms with Crippen molar-refractivity contribution >= 4 is 27.5 Å². The molecular formula is C17H25N3O5S. The molecule has 1 saturated heterocycles. The van der Waals surface area contributed by atoms with Crippen LogP contribution in [0.25, 0.3) is 0 Å². The first-order valence-corrected chi connectivity index (χ1v) is 10.2. The lowest BCUT2D eigenvalue weighted by Crippen LogP contribution is -2.50. The molecule has 2 rings (SSSR count). The van der Waals surface area contributed by atoms with Crippen LogP contribution in [-0.4, -0.2) is 76.1 Å². The molecule has 0 radical (unpaired) electrons. The van der Waals surface area contributed by atoms with E-state index in [0.29, 0.717) is 37.6 Å². The van der Waals surface area contributed by atoms with Gasteiger partial charge in [-0.25, -0.2) is 8.42 Å². The zero-order chi connectivity index (χ0) is 19.3. The topological polar surface area (TPSA) is 87.2 Å². The van der Waals surface area contributed by atoms with Crippen molar-refractivity contribution in [3.8, 4) is 5.75 Å². The molecule has 1 aliphatic heterocycles. The van der Waals surface area contributed by atoms with Gasteiger partial charge in [-0.15, -0.1) is 0 Å². The van der Waals surface area contributed by atoms with Crippen LogP contribution in [-0.2, 0) is 19.6 Å². The van der Waals surface area contributed by atoms with E-state index in [0.717, 1.165) is 6.26 Å². The van der Waals surface area contributed by atoms with Crippen LogP contribution in [0.2, 0.25) is 0 Å². The first kappa shape index (κ1) is 20.0. The second-order valence-corrected chi connectivity index (χ2v) is 8.05. The SMILES string of the molecule is COc1ccccc1N(CCC(=O)N1CCN(C(C)=O)CC1)S(C)(=O)=O. The van der Waals surface area contributed by atoms with Gasteiger partial charge < -0.3 is 14.5 Å². The van der Waals surface area contributed by atoms with E-state index < -0.39 is 10.0 Å². The van der Waals surface area contributed by atoms with Crippen LogP contribution in [0.3, 0.4) is 0 Å². The van der Waals surface area contributed by atoms with E-state index in [2.05, 4.69) is 0 Å². The first-order valence-electron chi connectivity index (χ1n) is 8.38. The van der Waals surface area contributed by atoms with Crippen molar-refractivity contribution in [3.63, 3.8) is 0 Å². The van der Waals surface area contributed by atoms with Gasteiger partial charge in [0.1, 0.15) is 5.75 Å². The number of benzene rings is 1. The number of nitrogens with zero attached hydrogens (tertiary/aromatic N) is 3.